The van der Waals surface area contributed by atoms with Crippen molar-refractivity contribution in [2.45, 2.75) is 6.04 Å². The highest BCUT2D eigenvalue weighted by atomic mass is 16.7. The van der Waals surface area contributed by atoms with Gasteiger partial charge in [-0.2, -0.15) is 0 Å². The summed E-state index contributed by atoms with van der Waals surface area (Å²) in [7, 11) is 8.03. The molecule has 1 atom stereocenters. The summed E-state index contributed by atoms with van der Waals surface area (Å²) >= 11 is 0. The van der Waals surface area contributed by atoms with Crippen LogP contribution < -0.4 is 25.0 Å². The Balaban J connectivity index is 1.59. The van der Waals surface area contributed by atoms with Crippen LogP contribution in [0.1, 0.15) is 11.6 Å². The van der Waals surface area contributed by atoms with Crippen LogP contribution in [0, 0.1) is 0 Å². The molecule has 2 aromatic carbocycles. The largest absolute Gasteiger partial charge is 0.454 e. The normalized spacial score (nSPS) is 13.4. The standard InChI is InChI=1S/C20H26N4O3/c1-23(2)16-8-5-14(6-9-16)17(24(3)4)12-21-20(25)22-15-7-10-18-19(11-15)27-13-26-18/h5-11,17H,12-13H2,1-4H3,(H2,21,22,25). The van der Waals surface area contributed by atoms with Crippen LogP contribution in [0.5, 0.6) is 11.5 Å². The molecule has 0 aromatic heterocycles. The van der Waals surface area contributed by atoms with Crippen molar-refractivity contribution in [2.75, 3.05) is 51.7 Å². The number of fused-ring (bicyclic) bond motifs is 1. The molecule has 0 saturated heterocycles. The number of hydrogen-bond acceptors (Lipinski definition) is 5. The fraction of sp³-hybridized carbons (Fsp3) is 0.350. The van der Waals surface area contributed by atoms with Crippen molar-refractivity contribution in [3.8, 4) is 11.5 Å². The number of nitrogens with zero attached hydrogens (tertiary/aromatic N) is 2. The zero-order valence-corrected chi connectivity index (χ0v) is 16.2. The number of anilines is 2. The summed E-state index contributed by atoms with van der Waals surface area (Å²) in [5, 5.41) is 5.77. The van der Waals surface area contributed by atoms with Gasteiger partial charge in [0.1, 0.15) is 0 Å². The Morgan fingerprint density at radius 3 is 2.41 bits per heavy atom. The quantitative estimate of drug-likeness (QED) is 0.819. The van der Waals surface area contributed by atoms with E-state index in [1.165, 1.54) is 0 Å². The van der Waals surface area contributed by atoms with E-state index in [0.717, 1.165) is 11.3 Å². The van der Waals surface area contributed by atoms with Crippen molar-refractivity contribution in [3.05, 3.63) is 48.0 Å². The van der Waals surface area contributed by atoms with E-state index >= 15 is 0 Å². The minimum Gasteiger partial charge on any atom is -0.454 e. The van der Waals surface area contributed by atoms with E-state index in [2.05, 4.69) is 44.7 Å². The summed E-state index contributed by atoms with van der Waals surface area (Å²) in [5.74, 6) is 1.33. The predicted octanol–water partition coefficient (Wildman–Crippen LogP) is 2.91. The molecule has 1 heterocycles. The lowest BCUT2D eigenvalue weighted by atomic mass is 10.1. The topological polar surface area (TPSA) is 66.1 Å². The molecular formula is C20H26N4O3. The highest BCUT2D eigenvalue weighted by molar-refractivity contribution is 5.89. The minimum absolute atomic E-state index is 0.0729. The van der Waals surface area contributed by atoms with E-state index in [0.29, 0.717) is 23.7 Å². The first-order chi connectivity index (χ1) is 12.9. The maximum atomic E-state index is 12.3. The molecule has 3 rings (SSSR count). The van der Waals surface area contributed by atoms with Gasteiger partial charge in [0, 0.05) is 38.1 Å². The van der Waals surface area contributed by atoms with Crippen LogP contribution in [-0.2, 0) is 0 Å². The average molecular weight is 370 g/mol. The number of likely N-dealkylation sites (N-methyl/N-ethyl adjacent to an activating group) is 1. The molecule has 1 aliphatic heterocycles. The number of benzene rings is 2. The number of hydrogen-bond donors (Lipinski definition) is 2. The molecule has 1 aliphatic rings. The smallest absolute Gasteiger partial charge is 0.319 e. The molecule has 144 valence electrons. The van der Waals surface area contributed by atoms with E-state index in [4.69, 9.17) is 9.47 Å². The first-order valence-electron chi connectivity index (χ1n) is 8.82. The number of carbonyl (C=O) groups is 1. The number of carbonyl (C=O) groups excluding carboxylic acids is 1. The lowest BCUT2D eigenvalue weighted by molar-refractivity contribution is 0.174. The molecule has 0 fully saturated rings. The van der Waals surface area contributed by atoms with Crippen LogP contribution in [0.25, 0.3) is 0 Å². The fourth-order valence-electron chi connectivity index (χ4n) is 2.93. The Labute approximate surface area is 159 Å². The summed E-state index contributed by atoms with van der Waals surface area (Å²) in [6.45, 7) is 0.701. The van der Waals surface area contributed by atoms with E-state index in [9.17, 15) is 4.79 Å². The summed E-state index contributed by atoms with van der Waals surface area (Å²) in [5.41, 5.74) is 2.95. The molecule has 1 unspecified atom stereocenters. The van der Waals surface area contributed by atoms with Crippen LogP contribution >= 0.6 is 0 Å². The maximum Gasteiger partial charge on any atom is 0.319 e. The molecule has 7 nitrogen and oxygen atoms in total. The number of rotatable bonds is 6. The van der Waals surface area contributed by atoms with E-state index < -0.39 is 0 Å². The lowest BCUT2D eigenvalue weighted by Crippen LogP contribution is -2.36. The second-order valence-corrected chi connectivity index (χ2v) is 6.87. The van der Waals surface area contributed by atoms with Gasteiger partial charge in [0.05, 0.1) is 6.04 Å². The SMILES string of the molecule is CN(C)c1ccc(C(CNC(=O)Nc2ccc3c(c2)OCO3)N(C)C)cc1. The van der Waals surface area contributed by atoms with E-state index in [1.807, 2.05) is 28.2 Å². The Kier molecular flexibility index (Phi) is 5.71. The van der Waals surface area contributed by atoms with Crippen molar-refractivity contribution >= 4 is 17.4 Å². The molecule has 0 radical (unpaired) electrons. The second kappa shape index (κ2) is 8.18. The molecule has 7 heteroatoms. The minimum atomic E-state index is -0.259. The molecule has 0 saturated carbocycles. The van der Waals surface area contributed by atoms with Crippen LogP contribution in [0.4, 0.5) is 16.2 Å². The molecule has 27 heavy (non-hydrogen) atoms. The fourth-order valence-corrected chi connectivity index (χ4v) is 2.93. The maximum absolute atomic E-state index is 12.3. The monoisotopic (exact) mass is 370 g/mol. The molecule has 2 aromatic rings. The van der Waals surface area contributed by atoms with E-state index in [1.54, 1.807) is 18.2 Å². The highest BCUT2D eigenvalue weighted by Crippen LogP contribution is 2.34. The van der Waals surface area contributed by atoms with Crippen LogP contribution in [0.2, 0.25) is 0 Å². The van der Waals surface area contributed by atoms with Crippen molar-refractivity contribution in [1.29, 1.82) is 0 Å². The van der Waals surface area contributed by atoms with Crippen molar-refractivity contribution in [2.24, 2.45) is 0 Å². The first kappa shape index (κ1) is 18.8. The Morgan fingerprint density at radius 2 is 1.74 bits per heavy atom. The van der Waals surface area contributed by atoms with Gasteiger partial charge in [0.25, 0.3) is 0 Å². The number of ether oxygens (including phenoxy) is 2. The Bertz CT molecular complexity index is 790. The van der Waals surface area contributed by atoms with Crippen molar-refractivity contribution in [1.82, 2.24) is 10.2 Å². The van der Waals surface area contributed by atoms with Gasteiger partial charge in [-0.1, -0.05) is 12.1 Å². The van der Waals surface area contributed by atoms with Gasteiger partial charge in [-0.15, -0.1) is 0 Å². The van der Waals surface area contributed by atoms with Crippen LogP contribution in [-0.4, -0.2) is 52.5 Å². The Morgan fingerprint density at radius 1 is 1.04 bits per heavy atom. The molecule has 0 bridgehead atoms. The number of amides is 2. The van der Waals surface area contributed by atoms with Gasteiger partial charge in [0.2, 0.25) is 6.79 Å². The molecular weight excluding hydrogens is 344 g/mol. The van der Waals surface area contributed by atoms with Gasteiger partial charge in [0.15, 0.2) is 11.5 Å². The van der Waals surface area contributed by atoms with Gasteiger partial charge in [-0.05, 0) is 43.9 Å². The average Bonchev–Trinajstić information content (AvgIpc) is 3.09. The zero-order chi connectivity index (χ0) is 19.4. The van der Waals surface area contributed by atoms with Crippen LogP contribution in [0.15, 0.2) is 42.5 Å². The zero-order valence-electron chi connectivity index (χ0n) is 16.2. The third kappa shape index (κ3) is 4.62. The number of nitrogens with one attached hydrogen (secondary N) is 2. The van der Waals surface area contributed by atoms with E-state index in [-0.39, 0.29) is 18.9 Å². The molecule has 2 amide bonds. The van der Waals surface area contributed by atoms with Crippen molar-refractivity contribution < 1.29 is 14.3 Å². The van der Waals surface area contributed by atoms with Gasteiger partial charge >= 0.3 is 6.03 Å². The third-order valence-corrected chi connectivity index (χ3v) is 4.50. The lowest BCUT2D eigenvalue weighted by Gasteiger charge is -2.26. The summed E-state index contributed by atoms with van der Waals surface area (Å²) < 4.78 is 10.6. The first-order valence-corrected chi connectivity index (χ1v) is 8.82. The van der Waals surface area contributed by atoms with Gasteiger partial charge < -0.3 is 29.9 Å². The Hall–Kier alpha value is -2.93. The third-order valence-electron chi connectivity index (χ3n) is 4.50. The summed E-state index contributed by atoms with van der Waals surface area (Å²) in [6, 6.07) is 13.5. The van der Waals surface area contributed by atoms with Crippen molar-refractivity contribution in [3.63, 3.8) is 0 Å². The number of urea groups is 1. The summed E-state index contributed by atoms with van der Waals surface area (Å²) in [6.07, 6.45) is 0. The summed E-state index contributed by atoms with van der Waals surface area (Å²) in [4.78, 5) is 16.4. The molecule has 2 N–H and O–H groups in total. The second-order valence-electron chi connectivity index (χ2n) is 6.87. The van der Waals surface area contributed by atoms with Gasteiger partial charge in [-0.25, -0.2) is 4.79 Å². The molecule has 0 aliphatic carbocycles. The van der Waals surface area contributed by atoms with Crippen LogP contribution in [0.3, 0.4) is 0 Å². The molecule has 0 spiro atoms. The van der Waals surface area contributed by atoms with Gasteiger partial charge in [-0.3, -0.25) is 0 Å². The highest BCUT2D eigenvalue weighted by Gasteiger charge is 2.17. The predicted molar refractivity (Wildman–Crippen MR) is 107 cm³/mol.